The van der Waals surface area contributed by atoms with Crippen molar-refractivity contribution in [3.8, 4) is 5.75 Å². The summed E-state index contributed by atoms with van der Waals surface area (Å²) in [5, 5.41) is 4.06. The number of benzene rings is 2. The minimum absolute atomic E-state index is 0.0613. The van der Waals surface area contributed by atoms with Gasteiger partial charge in [-0.15, -0.1) is 0 Å². The van der Waals surface area contributed by atoms with Gasteiger partial charge >= 0.3 is 0 Å². The molecule has 0 aromatic heterocycles. The molecular formula is C19H19Cl2NO2. The van der Waals surface area contributed by atoms with Crippen molar-refractivity contribution in [2.45, 2.75) is 19.4 Å². The Morgan fingerprint density at radius 3 is 2.50 bits per heavy atom. The largest absolute Gasteiger partial charge is 0.497 e. The third kappa shape index (κ3) is 5.02. The summed E-state index contributed by atoms with van der Waals surface area (Å²) < 4.78 is 5.15. The predicted molar refractivity (Wildman–Crippen MR) is 99.7 cm³/mol. The summed E-state index contributed by atoms with van der Waals surface area (Å²) in [5.41, 5.74) is 1.78. The van der Waals surface area contributed by atoms with Crippen molar-refractivity contribution in [3.63, 3.8) is 0 Å². The molecule has 2 aromatic carbocycles. The van der Waals surface area contributed by atoms with E-state index in [1.54, 1.807) is 31.4 Å². The molecule has 126 valence electrons. The number of hydrogen-bond acceptors (Lipinski definition) is 2. The van der Waals surface area contributed by atoms with Crippen LogP contribution in [-0.2, 0) is 4.79 Å². The van der Waals surface area contributed by atoms with Crippen LogP contribution < -0.4 is 10.1 Å². The van der Waals surface area contributed by atoms with Crippen molar-refractivity contribution >= 4 is 35.2 Å². The van der Waals surface area contributed by atoms with E-state index >= 15 is 0 Å². The van der Waals surface area contributed by atoms with E-state index in [9.17, 15) is 4.79 Å². The average molecular weight is 364 g/mol. The molecule has 5 heteroatoms. The van der Waals surface area contributed by atoms with Crippen LogP contribution in [-0.4, -0.2) is 13.0 Å². The predicted octanol–water partition coefficient (Wildman–Crippen LogP) is 5.28. The quantitative estimate of drug-likeness (QED) is 0.708. The van der Waals surface area contributed by atoms with E-state index in [1.165, 1.54) is 6.08 Å². The Morgan fingerprint density at radius 2 is 1.92 bits per heavy atom. The summed E-state index contributed by atoms with van der Waals surface area (Å²) in [6.07, 6.45) is 3.93. The van der Waals surface area contributed by atoms with Gasteiger partial charge in [-0.3, -0.25) is 4.79 Å². The van der Waals surface area contributed by atoms with Gasteiger partial charge in [-0.1, -0.05) is 48.3 Å². The van der Waals surface area contributed by atoms with Crippen molar-refractivity contribution < 1.29 is 9.53 Å². The van der Waals surface area contributed by atoms with Crippen LogP contribution >= 0.6 is 23.2 Å². The van der Waals surface area contributed by atoms with Crippen LogP contribution in [0.5, 0.6) is 5.75 Å². The fourth-order valence-electron chi connectivity index (χ4n) is 2.28. The van der Waals surface area contributed by atoms with Crippen molar-refractivity contribution in [2.75, 3.05) is 7.11 Å². The maximum absolute atomic E-state index is 12.2. The van der Waals surface area contributed by atoms with Crippen LogP contribution in [0.25, 0.3) is 6.08 Å². The maximum Gasteiger partial charge on any atom is 0.244 e. The zero-order valence-corrected chi connectivity index (χ0v) is 15.1. The molecule has 3 nitrogen and oxygen atoms in total. The summed E-state index contributed by atoms with van der Waals surface area (Å²) in [6, 6.07) is 12.8. The van der Waals surface area contributed by atoms with Gasteiger partial charge in [-0.2, -0.15) is 0 Å². The Morgan fingerprint density at radius 1 is 1.21 bits per heavy atom. The van der Waals surface area contributed by atoms with Gasteiger partial charge in [-0.05, 0) is 47.9 Å². The Labute approximate surface area is 152 Å². The first-order valence-corrected chi connectivity index (χ1v) is 8.36. The standard InChI is InChI=1S/C19H19Cl2NO2/c1-3-18(14-5-9-16(24-2)10-6-14)22-19(23)11-7-13-4-8-15(20)12-17(13)21/h4-12,18H,3H2,1-2H3,(H,22,23)/b11-7+/t18-/m1/s1. The Kier molecular flexibility index (Phi) is 6.71. The van der Waals surface area contributed by atoms with Gasteiger partial charge < -0.3 is 10.1 Å². The molecule has 0 heterocycles. The van der Waals surface area contributed by atoms with Crippen LogP contribution in [0.15, 0.2) is 48.5 Å². The highest BCUT2D eigenvalue weighted by Crippen LogP contribution is 2.22. The second kappa shape index (κ2) is 8.76. The molecule has 1 atom stereocenters. The summed E-state index contributed by atoms with van der Waals surface area (Å²) in [7, 11) is 1.63. The normalized spacial score (nSPS) is 12.2. The summed E-state index contributed by atoms with van der Waals surface area (Å²) >= 11 is 12.0. The molecule has 0 bridgehead atoms. The number of methoxy groups -OCH3 is 1. The third-order valence-corrected chi connectivity index (χ3v) is 4.18. The number of halogens is 2. The highest BCUT2D eigenvalue weighted by molar-refractivity contribution is 6.35. The zero-order valence-electron chi connectivity index (χ0n) is 13.6. The highest BCUT2D eigenvalue weighted by atomic mass is 35.5. The van der Waals surface area contributed by atoms with E-state index in [0.29, 0.717) is 10.0 Å². The van der Waals surface area contributed by atoms with E-state index in [1.807, 2.05) is 31.2 Å². The number of amides is 1. The minimum atomic E-state index is -0.177. The van der Waals surface area contributed by atoms with Crippen LogP contribution in [0.3, 0.4) is 0 Å². The molecule has 0 aliphatic heterocycles. The second-order valence-electron chi connectivity index (χ2n) is 5.24. The van der Waals surface area contributed by atoms with Gasteiger partial charge in [0.25, 0.3) is 0 Å². The van der Waals surface area contributed by atoms with Gasteiger partial charge in [0.15, 0.2) is 0 Å². The molecule has 2 aromatic rings. The van der Waals surface area contributed by atoms with Crippen LogP contribution in [0.1, 0.15) is 30.5 Å². The molecule has 24 heavy (non-hydrogen) atoms. The van der Waals surface area contributed by atoms with Crippen LogP contribution in [0.4, 0.5) is 0 Å². The second-order valence-corrected chi connectivity index (χ2v) is 6.09. The van der Waals surface area contributed by atoms with Gasteiger partial charge in [0, 0.05) is 16.1 Å². The van der Waals surface area contributed by atoms with E-state index in [-0.39, 0.29) is 11.9 Å². The summed E-state index contributed by atoms with van der Waals surface area (Å²) in [5.74, 6) is 0.612. The first-order chi connectivity index (χ1) is 11.5. The van der Waals surface area contributed by atoms with E-state index in [2.05, 4.69) is 5.32 Å². The Bertz CT molecular complexity index is 727. The molecule has 0 aliphatic rings. The zero-order chi connectivity index (χ0) is 17.5. The number of nitrogens with one attached hydrogen (secondary N) is 1. The SMILES string of the molecule is CC[C@@H](NC(=O)/C=C/c1ccc(Cl)cc1Cl)c1ccc(OC)cc1. The molecule has 0 saturated heterocycles. The number of rotatable bonds is 6. The fraction of sp³-hybridized carbons (Fsp3) is 0.211. The lowest BCUT2D eigenvalue weighted by Crippen LogP contribution is -2.26. The molecule has 0 unspecified atom stereocenters. The summed E-state index contributed by atoms with van der Waals surface area (Å²) in [4.78, 5) is 12.2. The van der Waals surface area contributed by atoms with Crippen LogP contribution in [0, 0.1) is 0 Å². The molecule has 1 N–H and O–H groups in total. The minimum Gasteiger partial charge on any atom is -0.497 e. The first-order valence-electron chi connectivity index (χ1n) is 7.61. The van der Waals surface area contributed by atoms with Crippen molar-refractivity contribution in [2.24, 2.45) is 0 Å². The third-order valence-electron chi connectivity index (χ3n) is 3.62. The topological polar surface area (TPSA) is 38.3 Å². The number of carbonyl (C=O) groups excluding carboxylic acids is 1. The van der Waals surface area contributed by atoms with Gasteiger partial charge in [0.1, 0.15) is 5.75 Å². The molecular weight excluding hydrogens is 345 g/mol. The number of ether oxygens (including phenoxy) is 1. The van der Waals surface area contributed by atoms with Gasteiger partial charge in [0.2, 0.25) is 5.91 Å². The van der Waals surface area contributed by atoms with Crippen molar-refractivity contribution in [1.29, 1.82) is 0 Å². The highest BCUT2D eigenvalue weighted by Gasteiger charge is 2.11. The lowest BCUT2D eigenvalue weighted by atomic mass is 10.0. The van der Waals surface area contributed by atoms with Crippen molar-refractivity contribution in [3.05, 3.63) is 69.7 Å². The number of carbonyl (C=O) groups is 1. The van der Waals surface area contributed by atoms with E-state index in [0.717, 1.165) is 23.3 Å². The molecule has 0 radical (unpaired) electrons. The smallest absolute Gasteiger partial charge is 0.244 e. The van der Waals surface area contributed by atoms with Crippen molar-refractivity contribution in [1.82, 2.24) is 5.32 Å². The van der Waals surface area contributed by atoms with Gasteiger partial charge in [0.05, 0.1) is 13.2 Å². The molecule has 0 aliphatic carbocycles. The van der Waals surface area contributed by atoms with Crippen LogP contribution in [0.2, 0.25) is 10.0 Å². The lowest BCUT2D eigenvalue weighted by molar-refractivity contribution is -0.117. The molecule has 0 saturated carbocycles. The molecule has 2 rings (SSSR count). The summed E-state index contributed by atoms with van der Waals surface area (Å²) in [6.45, 7) is 2.02. The molecule has 0 fully saturated rings. The molecule has 0 spiro atoms. The first kappa shape index (κ1) is 18.4. The Hall–Kier alpha value is -1.97. The van der Waals surface area contributed by atoms with E-state index < -0.39 is 0 Å². The monoisotopic (exact) mass is 363 g/mol. The lowest BCUT2D eigenvalue weighted by Gasteiger charge is -2.16. The van der Waals surface area contributed by atoms with Gasteiger partial charge in [-0.25, -0.2) is 0 Å². The molecule has 1 amide bonds. The number of hydrogen-bond donors (Lipinski definition) is 1. The average Bonchev–Trinajstić information content (AvgIpc) is 2.59. The Balaban J connectivity index is 2.04. The fourth-order valence-corrected chi connectivity index (χ4v) is 2.75. The van der Waals surface area contributed by atoms with E-state index in [4.69, 9.17) is 27.9 Å². The maximum atomic E-state index is 12.2.